The topological polar surface area (TPSA) is 91.4 Å². The number of ether oxygens (including phenoxy) is 2. The molecule has 4 aromatic rings. The molecule has 3 heterocycles. The van der Waals surface area contributed by atoms with Crippen LogP contribution in [0, 0.1) is 6.92 Å². The van der Waals surface area contributed by atoms with Gasteiger partial charge in [-0.3, -0.25) is 9.48 Å². The predicted molar refractivity (Wildman–Crippen MR) is 108 cm³/mol. The molecule has 0 bridgehead atoms. The number of pyridine rings is 1. The molecular formula is C21H20N4O4. The first kappa shape index (κ1) is 18.5. The Balaban J connectivity index is 1.79. The van der Waals surface area contributed by atoms with Crippen LogP contribution in [0.4, 0.5) is 5.69 Å². The molecule has 1 N–H and O–H groups in total. The summed E-state index contributed by atoms with van der Waals surface area (Å²) in [5.74, 6) is 1.40. The summed E-state index contributed by atoms with van der Waals surface area (Å²) in [6.07, 6.45) is 1.57. The number of hydrogen-bond acceptors (Lipinski definition) is 6. The molecule has 8 heteroatoms. The number of rotatable bonds is 5. The summed E-state index contributed by atoms with van der Waals surface area (Å²) in [6, 6.07) is 10.5. The van der Waals surface area contributed by atoms with Crippen molar-refractivity contribution in [2.75, 3.05) is 19.5 Å². The number of methoxy groups -OCH3 is 2. The Bertz CT molecular complexity index is 1200. The Morgan fingerprint density at radius 1 is 1.14 bits per heavy atom. The van der Waals surface area contributed by atoms with Crippen molar-refractivity contribution in [1.29, 1.82) is 0 Å². The maximum atomic E-state index is 13.2. The molecule has 29 heavy (non-hydrogen) atoms. The largest absolute Gasteiger partial charge is 0.493 e. The van der Waals surface area contributed by atoms with Gasteiger partial charge in [-0.05, 0) is 37.3 Å². The van der Waals surface area contributed by atoms with Crippen molar-refractivity contribution in [1.82, 2.24) is 14.8 Å². The number of nitrogens with one attached hydrogen (secondary N) is 1. The third-order valence-electron chi connectivity index (χ3n) is 4.63. The number of anilines is 1. The average molecular weight is 392 g/mol. The van der Waals surface area contributed by atoms with Crippen LogP contribution in [0.5, 0.6) is 11.5 Å². The second-order valence-corrected chi connectivity index (χ2v) is 6.46. The molecule has 0 radical (unpaired) electrons. The zero-order valence-electron chi connectivity index (χ0n) is 16.5. The summed E-state index contributed by atoms with van der Waals surface area (Å²) >= 11 is 0. The van der Waals surface area contributed by atoms with E-state index in [-0.39, 0.29) is 5.91 Å². The molecule has 0 saturated heterocycles. The normalized spacial score (nSPS) is 10.9. The number of benzene rings is 1. The summed E-state index contributed by atoms with van der Waals surface area (Å²) in [4.78, 5) is 17.8. The van der Waals surface area contributed by atoms with Gasteiger partial charge in [-0.25, -0.2) is 4.98 Å². The van der Waals surface area contributed by atoms with E-state index >= 15 is 0 Å². The maximum absolute atomic E-state index is 13.2. The van der Waals surface area contributed by atoms with E-state index < -0.39 is 0 Å². The summed E-state index contributed by atoms with van der Waals surface area (Å²) in [7, 11) is 4.90. The molecule has 0 fully saturated rings. The summed E-state index contributed by atoms with van der Waals surface area (Å²) in [6.45, 7) is 1.85. The number of aryl methyl sites for hydroxylation is 2. The van der Waals surface area contributed by atoms with Gasteiger partial charge >= 0.3 is 0 Å². The van der Waals surface area contributed by atoms with Gasteiger partial charge in [0.2, 0.25) is 0 Å². The number of amides is 1. The lowest BCUT2D eigenvalue weighted by Crippen LogP contribution is -2.13. The number of furan rings is 1. The predicted octanol–water partition coefficient (Wildman–Crippen LogP) is 3.81. The number of nitrogens with zero attached hydrogens (tertiary/aromatic N) is 3. The first-order valence-corrected chi connectivity index (χ1v) is 8.93. The third-order valence-corrected chi connectivity index (χ3v) is 4.63. The number of hydrogen-bond donors (Lipinski definition) is 1. The van der Waals surface area contributed by atoms with Crippen LogP contribution in [0.3, 0.4) is 0 Å². The van der Waals surface area contributed by atoms with Crippen molar-refractivity contribution >= 4 is 22.6 Å². The second kappa shape index (κ2) is 7.31. The lowest BCUT2D eigenvalue weighted by molar-refractivity contribution is 0.102. The Labute approximate surface area is 167 Å². The van der Waals surface area contributed by atoms with Gasteiger partial charge in [-0.15, -0.1) is 0 Å². The van der Waals surface area contributed by atoms with Gasteiger partial charge in [0.1, 0.15) is 5.69 Å². The first-order valence-electron chi connectivity index (χ1n) is 8.93. The quantitative estimate of drug-likeness (QED) is 0.555. The van der Waals surface area contributed by atoms with Crippen LogP contribution in [-0.2, 0) is 7.05 Å². The van der Waals surface area contributed by atoms with Gasteiger partial charge < -0.3 is 19.2 Å². The summed E-state index contributed by atoms with van der Waals surface area (Å²) < 4.78 is 17.7. The van der Waals surface area contributed by atoms with Crippen molar-refractivity contribution in [3.63, 3.8) is 0 Å². The van der Waals surface area contributed by atoms with Crippen LogP contribution in [0.2, 0.25) is 0 Å². The molecule has 0 aliphatic carbocycles. The molecule has 0 aliphatic heterocycles. The molecule has 1 amide bonds. The molecule has 8 nitrogen and oxygen atoms in total. The minimum absolute atomic E-state index is 0.284. The summed E-state index contributed by atoms with van der Waals surface area (Å²) in [5.41, 5.74) is 2.93. The lowest BCUT2D eigenvalue weighted by atomic mass is 10.1. The van der Waals surface area contributed by atoms with E-state index in [0.717, 1.165) is 5.69 Å². The highest BCUT2D eigenvalue weighted by molar-refractivity contribution is 6.13. The Kier molecular flexibility index (Phi) is 4.67. The van der Waals surface area contributed by atoms with Gasteiger partial charge in [0, 0.05) is 18.8 Å². The number of carbonyl (C=O) groups excluding carboxylic acids is 1. The van der Waals surface area contributed by atoms with E-state index in [0.29, 0.717) is 45.2 Å². The van der Waals surface area contributed by atoms with Crippen LogP contribution in [0.15, 0.2) is 47.1 Å². The Hall–Kier alpha value is -3.81. The third kappa shape index (κ3) is 3.29. The van der Waals surface area contributed by atoms with Crippen LogP contribution in [-0.4, -0.2) is 34.9 Å². The molecule has 0 unspecified atom stereocenters. The van der Waals surface area contributed by atoms with Gasteiger partial charge in [0.15, 0.2) is 22.9 Å². The Morgan fingerprint density at radius 3 is 2.62 bits per heavy atom. The van der Waals surface area contributed by atoms with Crippen molar-refractivity contribution in [3.05, 3.63) is 53.9 Å². The van der Waals surface area contributed by atoms with Crippen molar-refractivity contribution in [3.8, 4) is 23.0 Å². The van der Waals surface area contributed by atoms with Gasteiger partial charge in [-0.1, -0.05) is 0 Å². The molecule has 0 atom stereocenters. The number of fused-ring (bicyclic) bond motifs is 1. The van der Waals surface area contributed by atoms with Gasteiger partial charge in [0.05, 0.1) is 37.1 Å². The highest BCUT2D eigenvalue weighted by Gasteiger charge is 2.20. The fourth-order valence-electron chi connectivity index (χ4n) is 3.29. The minimum Gasteiger partial charge on any atom is -0.493 e. The molecule has 4 rings (SSSR count). The molecule has 0 spiro atoms. The van der Waals surface area contributed by atoms with Crippen LogP contribution < -0.4 is 14.8 Å². The monoisotopic (exact) mass is 392 g/mol. The molecule has 0 aliphatic rings. The van der Waals surface area contributed by atoms with E-state index in [1.165, 1.54) is 0 Å². The van der Waals surface area contributed by atoms with Crippen molar-refractivity contribution in [2.24, 2.45) is 7.05 Å². The number of carbonyl (C=O) groups is 1. The van der Waals surface area contributed by atoms with Crippen LogP contribution in [0.25, 0.3) is 22.5 Å². The lowest BCUT2D eigenvalue weighted by Gasteiger charge is -2.11. The van der Waals surface area contributed by atoms with Crippen LogP contribution >= 0.6 is 0 Å². The molecular weight excluding hydrogens is 372 g/mol. The zero-order chi connectivity index (χ0) is 20.5. The van der Waals surface area contributed by atoms with E-state index in [2.05, 4.69) is 15.4 Å². The number of aromatic nitrogens is 3. The highest BCUT2D eigenvalue weighted by atomic mass is 16.5. The first-order chi connectivity index (χ1) is 14.0. The maximum Gasteiger partial charge on any atom is 0.256 e. The fourth-order valence-corrected chi connectivity index (χ4v) is 3.29. The SMILES string of the molecule is COc1ccc(NC(=O)c2cc(-c3ccco3)nc3c2c(C)nn3C)cc1OC. The molecule has 0 saturated carbocycles. The van der Waals surface area contributed by atoms with Crippen molar-refractivity contribution < 1.29 is 18.7 Å². The van der Waals surface area contributed by atoms with E-state index in [1.807, 2.05) is 6.92 Å². The fraction of sp³-hybridized carbons (Fsp3) is 0.190. The Morgan fingerprint density at radius 2 is 1.93 bits per heavy atom. The summed E-state index contributed by atoms with van der Waals surface area (Å²) in [5, 5.41) is 8.03. The standard InChI is InChI=1S/C21H20N4O4/c1-12-19-14(21(26)22-13-7-8-17(27-3)18(10-13)28-4)11-15(16-6-5-9-29-16)23-20(19)25(2)24-12/h5-11H,1-4H3,(H,22,26). The average Bonchev–Trinajstić information content (AvgIpc) is 3.36. The molecule has 1 aromatic carbocycles. The van der Waals surface area contributed by atoms with E-state index in [4.69, 9.17) is 13.9 Å². The van der Waals surface area contributed by atoms with Crippen molar-refractivity contribution in [2.45, 2.75) is 6.92 Å². The smallest absolute Gasteiger partial charge is 0.256 e. The highest BCUT2D eigenvalue weighted by Crippen LogP contribution is 2.31. The van der Waals surface area contributed by atoms with Gasteiger partial charge in [0.25, 0.3) is 5.91 Å². The second-order valence-electron chi connectivity index (χ2n) is 6.46. The van der Waals surface area contributed by atoms with Crippen LogP contribution in [0.1, 0.15) is 16.1 Å². The molecule has 148 valence electrons. The minimum atomic E-state index is -0.284. The van der Waals surface area contributed by atoms with Gasteiger partial charge in [-0.2, -0.15) is 5.10 Å². The zero-order valence-corrected chi connectivity index (χ0v) is 16.5. The molecule has 3 aromatic heterocycles. The van der Waals surface area contributed by atoms with E-state index in [9.17, 15) is 4.79 Å². The van der Waals surface area contributed by atoms with E-state index in [1.54, 1.807) is 68.6 Å².